The van der Waals surface area contributed by atoms with Crippen molar-refractivity contribution in [2.24, 2.45) is 0 Å². The Bertz CT molecular complexity index is 824. The zero-order valence-corrected chi connectivity index (χ0v) is 15.1. The normalized spacial score (nSPS) is 14.4. The van der Waals surface area contributed by atoms with Crippen molar-refractivity contribution in [3.05, 3.63) is 71.6 Å². The van der Waals surface area contributed by atoms with Gasteiger partial charge in [0.15, 0.2) is 0 Å². The highest BCUT2D eigenvalue weighted by atomic mass is 19.1. The molecule has 0 aromatic heterocycles. The lowest BCUT2D eigenvalue weighted by atomic mass is 10.1. The van der Waals surface area contributed by atoms with Crippen LogP contribution in [0.1, 0.15) is 15.9 Å². The summed E-state index contributed by atoms with van der Waals surface area (Å²) in [6, 6.07) is 12.9. The second-order valence-electron chi connectivity index (χ2n) is 6.23. The molecule has 0 bridgehead atoms. The smallest absolute Gasteiger partial charge is 0.253 e. The fraction of sp³-hybridized carbons (Fsp3) is 0.238. The van der Waals surface area contributed by atoms with Crippen molar-refractivity contribution >= 4 is 17.9 Å². The van der Waals surface area contributed by atoms with Gasteiger partial charge in [0.2, 0.25) is 5.91 Å². The molecule has 2 aromatic carbocycles. The van der Waals surface area contributed by atoms with Crippen LogP contribution >= 0.6 is 0 Å². The maximum absolute atomic E-state index is 12.9. The van der Waals surface area contributed by atoms with Crippen molar-refractivity contribution in [2.75, 3.05) is 33.3 Å². The van der Waals surface area contributed by atoms with Crippen LogP contribution in [0.15, 0.2) is 54.6 Å². The van der Waals surface area contributed by atoms with Gasteiger partial charge in [-0.15, -0.1) is 0 Å². The van der Waals surface area contributed by atoms with E-state index in [2.05, 4.69) is 0 Å². The summed E-state index contributed by atoms with van der Waals surface area (Å²) in [5.41, 5.74) is 1.37. The fourth-order valence-corrected chi connectivity index (χ4v) is 2.89. The Hall–Kier alpha value is -3.15. The summed E-state index contributed by atoms with van der Waals surface area (Å²) < 4.78 is 18.0. The van der Waals surface area contributed by atoms with Gasteiger partial charge < -0.3 is 14.5 Å². The highest BCUT2D eigenvalue weighted by molar-refractivity contribution is 5.95. The molecular formula is C21H21FN2O3. The number of hydrogen-bond donors (Lipinski definition) is 0. The molecule has 1 aliphatic heterocycles. The minimum Gasteiger partial charge on any atom is -0.497 e. The van der Waals surface area contributed by atoms with Gasteiger partial charge in [0.05, 0.1) is 7.11 Å². The van der Waals surface area contributed by atoms with Crippen LogP contribution in [-0.2, 0) is 4.79 Å². The number of nitrogens with zero attached hydrogens (tertiary/aromatic N) is 2. The average Bonchev–Trinajstić information content (AvgIpc) is 2.73. The number of halogens is 1. The average molecular weight is 368 g/mol. The molecule has 27 heavy (non-hydrogen) atoms. The van der Waals surface area contributed by atoms with Crippen LogP contribution in [-0.4, -0.2) is 54.9 Å². The van der Waals surface area contributed by atoms with Gasteiger partial charge in [-0.05, 0) is 48.0 Å². The fourth-order valence-electron chi connectivity index (χ4n) is 2.89. The Morgan fingerprint density at radius 3 is 2.11 bits per heavy atom. The lowest BCUT2D eigenvalue weighted by Gasteiger charge is -2.34. The van der Waals surface area contributed by atoms with Gasteiger partial charge in [-0.3, -0.25) is 9.59 Å². The zero-order valence-electron chi connectivity index (χ0n) is 15.1. The molecule has 0 radical (unpaired) electrons. The van der Waals surface area contributed by atoms with E-state index in [9.17, 15) is 14.0 Å². The number of carbonyl (C=O) groups is 2. The third kappa shape index (κ3) is 4.73. The lowest BCUT2D eigenvalue weighted by Crippen LogP contribution is -2.50. The van der Waals surface area contributed by atoms with E-state index in [0.717, 1.165) is 5.56 Å². The summed E-state index contributed by atoms with van der Waals surface area (Å²) in [7, 11) is 1.58. The van der Waals surface area contributed by atoms with E-state index < -0.39 is 0 Å². The second kappa shape index (κ2) is 8.49. The van der Waals surface area contributed by atoms with Crippen molar-refractivity contribution in [3.63, 3.8) is 0 Å². The van der Waals surface area contributed by atoms with Gasteiger partial charge in [0.1, 0.15) is 11.6 Å². The van der Waals surface area contributed by atoms with Crippen molar-refractivity contribution in [1.82, 2.24) is 9.80 Å². The first-order chi connectivity index (χ1) is 13.1. The maximum Gasteiger partial charge on any atom is 0.253 e. The molecule has 1 heterocycles. The van der Waals surface area contributed by atoms with Crippen molar-refractivity contribution in [1.29, 1.82) is 0 Å². The molecule has 0 atom stereocenters. The minimum absolute atomic E-state index is 0.0494. The molecule has 0 aliphatic carbocycles. The molecule has 0 N–H and O–H groups in total. The van der Waals surface area contributed by atoms with Gasteiger partial charge in [0, 0.05) is 37.8 Å². The molecule has 2 aromatic rings. The number of ether oxygens (including phenoxy) is 1. The van der Waals surface area contributed by atoms with E-state index in [4.69, 9.17) is 4.74 Å². The van der Waals surface area contributed by atoms with Crippen molar-refractivity contribution in [2.45, 2.75) is 0 Å². The second-order valence-corrected chi connectivity index (χ2v) is 6.23. The molecule has 0 spiro atoms. The van der Waals surface area contributed by atoms with Gasteiger partial charge in [-0.2, -0.15) is 0 Å². The highest BCUT2D eigenvalue weighted by Crippen LogP contribution is 2.14. The standard InChI is InChI=1S/C21H21FN2O3/c1-27-19-9-5-17(6-10-19)21(26)24-14-12-23(13-15-24)20(25)11-4-16-2-7-18(22)8-3-16/h2-11H,12-15H2,1H3/b11-4+. The van der Waals surface area contributed by atoms with E-state index in [1.165, 1.54) is 18.2 Å². The predicted molar refractivity (Wildman–Crippen MR) is 101 cm³/mol. The van der Waals surface area contributed by atoms with Gasteiger partial charge in [-0.1, -0.05) is 12.1 Å². The van der Waals surface area contributed by atoms with Crippen molar-refractivity contribution in [3.8, 4) is 5.75 Å². The molecule has 1 aliphatic rings. The number of methoxy groups -OCH3 is 1. The Morgan fingerprint density at radius 1 is 0.926 bits per heavy atom. The zero-order chi connectivity index (χ0) is 19.2. The summed E-state index contributed by atoms with van der Waals surface area (Å²) >= 11 is 0. The monoisotopic (exact) mass is 368 g/mol. The number of benzene rings is 2. The van der Waals surface area contributed by atoms with E-state index in [-0.39, 0.29) is 17.6 Å². The van der Waals surface area contributed by atoms with Crippen LogP contribution in [0, 0.1) is 5.82 Å². The molecule has 1 saturated heterocycles. The minimum atomic E-state index is -0.309. The first kappa shape index (κ1) is 18.6. The Kier molecular flexibility index (Phi) is 5.86. The van der Waals surface area contributed by atoms with E-state index in [1.54, 1.807) is 59.4 Å². The predicted octanol–water partition coefficient (Wildman–Crippen LogP) is 2.83. The molecule has 5 nitrogen and oxygen atoms in total. The summed E-state index contributed by atoms with van der Waals surface area (Å²) in [4.78, 5) is 28.3. The number of piperazine rings is 1. The van der Waals surface area contributed by atoms with E-state index >= 15 is 0 Å². The van der Waals surface area contributed by atoms with Gasteiger partial charge in [0.25, 0.3) is 5.91 Å². The molecular weight excluding hydrogens is 347 g/mol. The highest BCUT2D eigenvalue weighted by Gasteiger charge is 2.23. The van der Waals surface area contributed by atoms with Crippen molar-refractivity contribution < 1.29 is 18.7 Å². The lowest BCUT2D eigenvalue weighted by molar-refractivity contribution is -0.127. The van der Waals surface area contributed by atoms with Crippen LogP contribution in [0.4, 0.5) is 4.39 Å². The van der Waals surface area contributed by atoms with Crippen LogP contribution < -0.4 is 4.74 Å². The number of hydrogen-bond acceptors (Lipinski definition) is 3. The molecule has 2 amide bonds. The number of amides is 2. The summed E-state index contributed by atoms with van der Waals surface area (Å²) in [6.45, 7) is 1.94. The SMILES string of the molecule is COc1ccc(C(=O)N2CCN(C(=O)/C=C/c3ccc(F)cc3)CC2)cc1. The molecule has 1 fully saturated rings. The van der Waals surface area contributed by atoms with Crippen LogP contribution in [0.5, 0.6) is 5.75 Å². The third-order valence-electron chi connectivity index (χ3n) is 4.50. The quantitative estimate of drug-likeness (QED) is 0.780. The molecule has 0 unspecified atom stereocenters. The third-order valence-corrected chi connectivity index (χ3v) is 4.50. The molecule has 0 saturated carbocycles. The van der Waals surface area contributed by atoms with E-state index in [0.29, 0.717) is 37.5 Å². The largest absolute Gasteiger partial charge is 0.497 e. The summed E-state index contributed by atoms with van der Waals surface area (Å²) in [6.07, 6.45) is 3.14. The number of carbonyl (C=O) groups excluding carboxylic acids is 2. The first-order valence-corrected chi connectivity index (χ1v) is 8.73. The Balaban J connectivity index is 1.53. The van der Waals surface area contributed by atoms with Crippen LogP contribution in [0.2, 0.25) is 0 Å². The Morgan fingerprint density at radius 2 is 1.52 bits per heavy atom. The number of rotatable bonds is 4. The summed E-state index contributed by atoms with van der Waals surface area (Å²) in [5, 5.41) is 0. The molecule has 3 rings (SSSR count). The summed E-state index contributed by atoms with van der Waals surface area (Å²) in [5.74, 6) is 0.230. The van der Waals surface area contributed by atoms with Gasteiger partial charge >= 0.3 is 0 Å². The topological polar surface area (TPSA) is 49.9 Å². The van der Waals surface area contributed by atoms with Gasteiger partial charge in [-0.25, -0.2) is 4.39 Å². The maximum atomic E-state index is 12.9. The van der Waals surface area contributed by atoms with Crippen LogP contribution in [0.25, 0.3) is 6.08 Å². The van der Waals surface area contributed by atoms with E-state index in [1.807, 2.05) is 0 Å². The molecule has 140 valence electrons. The Labute approximate surface area is 157 Å². The van der Waals surface area contributed by atoms with Crippen LogP contribution in [0.3, 0.4) is 0 Å². The first-order valence-electron chi connectivity index (χ1n) is 8.73. The molecule has 6 heteroatoms.